The smallest absolute Gasteiger partial charge is 0.164 e. The van der Waals surface area contributed by atoms with Crippen molar-refractivity contribution in [3.8, 4) is 0 Å². The van der Waals surface area contributed by atoms with E-state index in [2.05, 4.69) is 26.6 Å². The first kappa shape index (κ1) is 17.6. The van der Waals surface area contributed by atoms with Crippen molar-refractivity contribution in [2.24, 2.45) is 0 Å². The quantitative estimate of drug-likeness (QED) is 0.798. The number of hydrogen-bond acceptors (Lipinski definition) is 3. The lowest BCUT2D eigenvalue weighted by atomic mass is 9.97. The molecule has 2 heterocycles. The lowest BCUT2D eigenvalue weighted by Gasteiger charge is -2.36. The van der Waals surface area contributed by atoms with Crippen LogP contribution in [-0.4, -0.2) is 48.0 Å². The van der Waals surface area contributed by atoms with Gasteiger partial charge in [-0.25, -0.2) is 0 Å². The van der Waals surface area contributed by atoms with Crippen LogP contribution in [0.4, 0.5) is 5.69 Å². The molecular weight excluding hydrogens is 346 g/mol. The zero-order valence-electron chi connectivity index (χ0n) is 15.2. The van der Waals surface area contributed by atoms with Gasteiger partial charge in [0.2, 0.25) is 0 Å². The fourth-order valence-electron chi connectivity index (χ4n) is 4.17. The van der Waals surface area contributed by atoms with Crippen molar-refractivity contribution in [1.29, 1.82) is 0 Å². The maximum atomic E-state index is 12.0. The standard InChI is InChI=1S/C21H26ClN3O/c22-17-4-1-5-18(16-17)24-14-12-23(13-15-24)9-3-10-25-11-8-19-20(25)6-2-7-21(19)26/h1,4-5,8,11,16H,2-3,6-7,9-10,12-15H2. The van der Waals surface area contributed by atoms with Gasteiger partial charge in [0.05, 0.1) is 0 Å². The number of piperazine rings is 1. The Morgan fingerprint density at radius 3 is 2.65 bits per heavy atom. The third-order valence-electron chi connectivity index (χ3n) is 5.62. The Hall–Kier alpha value is -1.78. The van der Waals surface area contributed by atoms with Crippen molar-refractivity contribution in [2.75, 3.05) is 37.6 Å². The van der Waals surface area contributed by atoms with Gasteiger partial charge >= 0.3 is 0 Å². The normalized spacial score (nSPS) is 18.2. The number of ketones is 1. The summed E-state index contributed by atoms with van der Waals surface area (Å²) < 4.78 is 2.30. The van der Waals surface area contributed by atoms with Crippen LogP contribution in [0.2, 0.25) is 5.02 Å². The summed E-state index contributed by atoms with van der Waals surface area (Å²) in [5.74, 6) is 0.321. The highest BCUT2D eigenvalue weighted by atomic mass is 35.5. The molecule has 1 aromatic carbocycles. The van der Waals surface area contributed by atoms with Crippen LogP contribution in [0, 0.1) is 0 Å². The van der Waals surface area contributed by atoms with Crippen LogP contribution >= 0.6 is 11.6 Å². The first-order valence-corrected chi connectivity index (χ1v) is 10.0. The van der Waals surface area contributed by atoms with Crippen molar-refractivity contribution in [3.63, 3.8) is 0 Å². The first-order chi connectivity index (χ1) is 12.7. The van der Waals surface area contributed by atoms with E-state index in [0.29, 0.717) is 12.2 Å². The van der Waals surface area contributed by atoms with Crippen LogP contribution < -0.4 is 4.90 Å². The molecule has 0 radical (unpaired) electrons. The van der Waals surface area contributed by atoms with E-state index in [4.69, 9.17) is 11.6 Å². The molecule has 1 aliphatic heterocycles. The maximum absolute atomic E-state index is 12.0. The number of benzene rings is 1. The van der Waals surface area contributed by atoms with E-state index >= 15 is 0 Å². The number of carbonyl (C=O) groups is 1. The van der Waals surface area contributed by atoms with Crippen LogP contribution in [-0.2, 0) is 13.0 Å². The molecule has 0 amide bonds. The third kappa shape index (κ3) is 3.81. The lowest BCUT2D eigenvalue weighted by molar-refractivity contribution is 0.0971. The number of aromatic nitrogens is 1. The van der Waals surface area contributed by atoms with Crippen molar-refractivity contribution in [2.45, 2.75) is 32.2 Å². The number of hydrogen-bond donors (Lipinski definition) is 0. The second kappa shape index (κ2) is 7.85. The van der Waals surface area contributed by atoms with Crippen molar-refractivity contribution in [3.05, 3.63) is 52.8 Å². The number of halogens is 1. The molecule has 1 saturated heterocycles. The van der Waals surface area contributed by atoms with E-state index in [-0.39, 0.29) is 0 Å². The van der Waals surface area contributed by atoms with Crippen molar-refractivity contribution < 1.29 is 4.79 Å². The summed E-state index contributed by atoms with van der Waals surface area (Å²) in [5.41, 5.74) is 3.44. The van der Waals surface area contributed by atoms with E-state index in [1.54, 1.807) is 0 Å². The topological polar surface area (TPSA) is 28.5 Å². The van der Waals surface area contributed by atoms with Gasteiger partial charge in [0.25, 0.3) is 0 Å². The predicted octanol–water partition coefficient (Wildman–Crippen LogP) is 3.87. The van der Waals surface area contributed by atoms with E-state index in [0.717, 1.165) is 69.1 Å². The van der Waals surface area contributed by atoms with Gasteiger partial charge in [0.1, 0.15) is 0 Å². The molecule has 4 rings (SSSR count). The summed E-state index contributed by atoms with van der Waals surface area (Å²) in [6.45, 7) is 6.41. The summed E-state index contributed by atoms with van der Waals surface area (Å²) in [6, 6.07) is 10.1. The highest BCUT2D eigenvalue weighted by Gasteiger charge is 2.21. The zero-order chi connectivity index (χ0) is 17.9. The second-order valence-electron chi connectivity index (χ2n) is 7.31. The van der Waals surface area contributed by atoms with Gasteiger partial charge in [-0.2, -0.15) is 0 Å². The number of anilines is 1. The van der Waals surface area contributed by atoms with E-state index in [1.807, 2.05) is 24.3 Å². The molecule has 0 N–H and O–H groups in total. The van der Waals surface area contributed by atoms with Gasteiger partial charge in [-0.15, -0.1) is 0 Å². The van der Waals surface area contributed by atoms with Gasteiger partial charge in [-0.3, -0.25) is 9.69 Å². The molecule has 0 unspecified atom stereocenters. The van der Waals surface area contributed by atoms with E-state index < -0.39 is 0 Å². The monoisotopic (exact) mass is 371 g/mol. The fourth-order valence-corrected chi connectivity index (χ4v) is 4.35. The van der Waals surface area contributed by atoms with Gasteiger partial charge in [-0.05, 0) is 50.1 Å². The second-order valence-corrected chi connectivity index (χ2v) is 7.74. The van der Waals surface area contributed by atoms with Crippen LogP contribution in [0.1, 0.15) is 35.3 Å². The lowest BCUT2D eigenvalue weighted by Crippen LogP contribution is -2.46. The molecule has 0 saturated carbocycles. The van der Waals surface area contributed by atoms with Crippen LogP contribution in [0.5, 0.6) is 0 Å². The molecule has 2 aliphatic rings. The van der Waals surface area contributed by atoms with Gasteiger partial charge in [-0.1, -0.05) is 17.7 Å². The molecule has 1 fully saturated rings. The fraction of sp³-hybridized carbons (Fsp3) is 0.476. The minimum absolute atomic E-state index is 0.321. The molecule has 5 heteroatoms. The molecule has 138 valence electrons. The largest absolute Gasteiger partial charge is 0.369 e. The average Bonchev–Trinajstić information content (AvgIpc) is 3.07. The molecule has 2 aromatic rings. The van der Waals surface area contributed by atoms with Gasteiger partial charge in [0, 0.05) is 67.3 Å². The maximum Gasteiger partial charge on any atom is 0.164 e. The Balaban J connectivity index is 1.25. The van der Waals surface area contributed by atoms with Crippen LogP contribution in [0.15, 0.2) is 36.5 Å². The van der Waals surface area contributed by atoms with Gasteiger partial charge in [0.15, 0.2) is 5.78 Å². The van der Waals surface area contributed by atoms with Crippen molar-refractivity contribution >= 4 is 23.1 Å². The molecule has 1 aliphatic carbocycles. The molecular formula is C21H26ClN3O. The molecule has 1 aromatic heterocycles. The summed E-state index contributed by atoms with van der Waals surface area (Å²) in [7, 11) is 0. The van der Waals surface area contributed by atoms with Crippen LogP contribution in [0.25, 0.3) is 0 Å². The predicted molar refractivity (Wildman–Crippen MR) is 106 cm³/mol. The van der Waals surface area contributed by atoms with Crippen molar-refractivity contribution in [1.82, 2.24) is 9.47 Å². The summed E-state index contributed by atoms with van der Waals surface area (Å²) >= 11 is 6.11. The van der Waals surface area contributed by atoms with Gasteiger partial charge < -0.3 is 9.47 Å². The SMILES string of the molecule is O=C1CCCc2c1ccn2CCCN1CCN(c2cccc(Cl)c2)CC1. The highest BCUT2D eigenvalue weighted by Crippen LogP contribution is 2.23. The molecule has 0 bridgehead atoms. The Bertz CT molecular complexity index is 777. The highest BCUT2D eigenvalue weighted by molar-refractivity contribution is 6.30. The summed E-state index contributed by atoms with van der Waals surface area (Å²) in [5, 5.41) is 0.804. The first-order valence-electron chi connectivity index (χ1n) is 9.65. The Labute approximate surface area is 160 Å². The number of fused-ring (bicyclic) bond motifs is 1. The Kier molecular flexibility index (Phi) is 5.32. The third-order valence-corrected chi connectivity index (χ3v) is 5.85. The number of nitrogens with zero attached hydrogens (tertiary/aromatic N) is 3. The molecule has 4 nitrogen and oxygen atoms in total. The van der Waals surface area contributed by atoms with E-state index in [1.165, 1.54) is 11.4 Å². The molecule has 26 heavy (non-hydrogen) atoms. The number of Topliss-reactive ketones (excluding diaryl/α,β-unsaturated/α-hetero) is 1. The number of rotatable bonds is 5. The number of carbonyl (C=O) groups excluding carboxylic acids is 1. The summed E-state index contributed by atoms with van der Waals surface area (Å²) in [6.07, 6.45) is 6.00. The molecule has 0 atom stereocenters. The zero-order valence-corrected chi connectivity index (χ0v) is 15.9. The average molecular weight is 372 g/mol. The number of aryl methyl sites for hydroxylation is 1. The minimum atomic E-state index is 0.321. The minimum Gasteiger partial charge on any atom is -0.369 e. The van der Waals surface area contributed by atoms with E-state index in [9.17, 15) is 4.79 Å². The van der Waals surface area contributed by atoms with Crippen LogP contribution in [0.3, 0.4) is 0 Å². The Morgan fingerprint density at radius 2 is 1.85 bits per heavy atom. The summed E-state index contributed by atoms with van der Waals surface area (Å²) in [4.78, 5) is 16.9. The molecule has 0 spiro atoms. The Morgan fingerprint density at radius 1 is 1.00 bits per heavy atom.